The van der Waals surface area contributed by atoms with E-state index in [4.69, 9.17) is 21.1 Å². The van der Waals surface area contributed by atoms with Gasteiger partial charge in [-0.3, -0.25) is 4.79 Å². The van der Waals surface area contributed by atoms with Gasteiger partial charge in [0.15, 0.2) is 0 Å². The van der Waals surface area contributed by atoms with Crippen LogP contribution < -0.4 is 4.74 Å². The van der Waals surface area contributed by atoms with Crippen LogP contribution in [0.1, 0.15) is 12.5 Å². The molecule has 0 bridgehead atoms. The van der Waals surface area contributed by atoms with Crippen molar-refractivity contribution in [3.05, 3.63) is 28.8 Å². The number of benzene rings is 1. The van der Waals surface area contributed by atoms with Crippen molar-refractivity contribution in [2.75, 3.05) is 13.2 Å². The Morgan fingerprint density at radius 1 is 1.62 bits per heavy atom. The van der Waals surface area contributed by atoms with Gasteiger partial charge in [0.2, 0.25) is 0 Å². The fourth-order valence-electron chi connectivity index (χ4n) is 1.78. The van der Waals surface area contributed by atoms with Gasteiger partial charge < -0.3 is 9.47 Å². The fourth-order valence-corrected chi connectivity index (χ4v) is 2.02. The Morgan fingerprint density at radius 3 is 3.19 bits per heavy atom. The predicted octanol–water partition coefficient (Wildman–Crippen LogP) is 2.45. The number of rotatable bonds is 2. The van der Waals surface area contributed by atoms with Crippen LogP contribution in [-0.2, 0) is 16.0 Å². The van der Waals surface area contributed by atoms with Crippen molar-refractivity contribution in [3.63, 3.8) is 0 Å². The van der Waals surface area contributed by atoms with E-state index in [0.29, 0.717) is 24.7 Å². The number of carbonyl (C=O) groups excluding carboxylic acids is 1. The van der Waals surface area contributed by atoms with Gasteiger partial charge in [0.05, 0.1) is 12.5 Å². The molecule has 86 valence electrons. The molecule has 1 aromatic carbocycles. The van der Waals surface area contributed by atoms with E-state index in [2.05, 4.69) is 0 Å². The van der Waals surface area contributed by atoms with Crippen LogP contribution >= 0.6 is 11.6 Å². The highest BCUT2D eigenvalue weighted by molar-refractivity contribution is 6.31. The van der Waals surface area contributed by atoms with Crippen LogP contribution in [0.5, 0.6) is 5.75 Å². The summed E-state index contributed by atoms with van der Waals surface area (Å²) in [5.74, 6) is 0.313. The highest BCUT2D eigenvalue weighted by Gasteiger charge is 2.28. The lowest BCUT2D eigenvalue weighted by molar-refractivity contribution is -0.149. The van der Waals surface area contributed by atoms with Crippen molar-refractivity contribution in [3.8, 4) is 5.75 Å². The Morgan fingerprint density at radius 2 is 2.44 bits per heavy atom. The number of fused-ring (bicyclic) bond motifs is 1. The van der Waals surface area contributed by atoms with Gasteiger partial charge in [-0.05, 0) is 25.5 Å². The van der Waals surface area contributed by atoms with Crippen LogP contribution in [0, 0.1) is 5.92 Å². The van der Waals surface area contributed by atoms with Gasteiger partial charge in [-0.25, -0.2) is 0 Å². The average molecular weight is 241 g/mol. The molecule has 0 saturated carbocycles. The molecule has 1 atom stereocenters. The average Bonchev–Trinajstić information content (AvgIpc) is 2.29. The minimum atomic E-state index is -0.243. The molecule has 1 aromatic rings. The zero-order valence-electron chi connectivity index (χ0n) is 9.03. The van der Waals surface area contributed by atoms with E-state index in [0.717, 1.165) is 11.3 Å². The van der Waals surface area contributed by atoms with Gasteiger partial charge in [-0.15, -0.1) is 0 Å². The summed E-state index contributed by atoms with van der Waals surface area (Å²) < 4.78 is 10.5. The highest BCUT2D eigenvalue weighted by atomic mass is 35.5. The molecule has 2 rings (SSSR count). The van der Waals surface area contributed by atoms with E-state index in [1.165, 1.54) is 0 Å². The molecule has 0 aliphatic carbocycles. The SMILES string of the molecule is CCOC(=O)C1COc2cccc(Cl)c2C1. The first-order chi connectivity index (χ1) is 7.72. The molecule has 16 heavy (non-hydrogen) atoms. The van der Waals surface area contributed by atoms with E-state index in [-0.39, 0.29) is 11.9 Å². The molecule has 1 heterocycles. The number of hydrogen-bond acceptors (Lipinski definition) is 3. The second-order valence-electron chi connectivity index (χ2n) is 3.68. The predicted molar refractivity (Wildman–Crippen MR) is 60.8 cm³/mol. The Bertz CT molecular complexity index is 403. The molecule has 0 N–H and O–H groups in total. The fraction of sp³-hybridized carbons (Fsp3) is 0.417. The summed E-state index contributed by atoms with van der Waals surface area (Å²) >= 11 is 6.06. The van der Waals surface area contributed by atoms with Gasteiger partial charge >= 0.3 is 5.97 Å². The topological polar surface area (TPSA) is 35.5 Å². The van der Waals surface area contributed by atoms with Crippen molar-refractivity contribution in [1.29, 1.82) is 0 Å². The summed E-state index contributed by atoms with van der Waals surface area (Å²) in [4.78, 5) is 11.6. The third-order valence-corrected chi connectivity index (χ3v) is 2.94. The normalized spacial score (nSPS) is 18.5. The second-order valence-corrected chi connectivity index (χ2v) is 4.09. The second kappa shape index (κ2) is 4.74. The van der Waals surface area contributed by atoms with Crippen LogP contribution in [0.4, 0.5) is 0 Å². The molecule has 0 aromatic heterocycles. The van der Waals surface area contributed by atoms with E-state index in [1.54, 1.807) is 13.0 Å². The molecule has 3 nitrogen and oxygen atoms in total. The zero-order chi connectivity index (χ0) is 11.5. The maximum atomic E-state index is 11.6. The maximum absolute atomic E-state index is 11.6. The van der Waals surface area contributed by atoms with E-state index in [9.17, 15) is 4.79 Å². The van der Waals surface area contributed by atoms with Crippen LogP contribution in [0.25, 0.3) is 0 Å². The van der Waals surface area contributed by atoms with E-state index < -0.39 is 0 Å². The van der Waals surface area contributed by atoms with E-state index >= 15 is 0 Å². The van der Waals surface area contributed by atoms with Crippen LogP contribution in [0.3, 0.4) is 0 Å². The minimum absolute atomic E-state index is 0.215. The minimum Gasteiger partial charge on any atom is -0.492 e. The van der Waals surface area contributed by atoms with Crippen LogP contribution in [0.2, 0.25) is 5.02 Å². The molecule has 4 heteroatoms. The summed E-state index contributed by atoms with van der Waals surface area (Å²) in [6.07, 6.45) is 0.591. The number of esters is 1. The van der Waals surface area contributed by atoms with Crippen molar-refractivity contribution in [2.45, 2.75) is 13.3 Å². The number of halogens is 1. The summed E-state index contributed by atoms with van der Waals surface area (Å²) in [7, 11) is 0. The quantitative estimate of drug-likeness (QED) is 0.745. The van der Waals surface area contributed by atoms with Crippen LogP contribution in [-0.4, -0.2) is 19.2 Å². The number of carbonyl (C=O) groups is 1. The summed E-state index contributed by atoms with van der Waals surface area (Å²) in [6, 6.07) is 5.51. The van der Waals surface area contributed by atoms with Gasteiger partial charge in [0.25, 0.3) is 0 Å². The zero-order valence-corrected chi connectivity index (χ0v) is 9.79. The van der Waals surface area contributed by atoms with Gasteiger partial charge in [0.1, 0.15) is 12.4 Å². The molecule has 0 radical (unpaired) electrons. The Balaban J connectivity index is 2.17. The van der Waals surface area contributed by atoms with Crippen molar-refractivity contribution >= 4 is 17.6 Å². The molecule has 1 unspecified atom stereocenters. The first-order valence-corrected chi connectivity index (χ1v) is 5.67. The molecule has 0 amide bonds. The van der Waals surface area contributed by atoms with Gasteiger partial charge in [0, 0.05) is 10.6 Å². The van der Waals surface area contributed by atoms with Crippen molar-refractivity contribution < 1.29 is 14.3 Å². The molecule has 0 saturated heterocycles. The maximum Gasteiger partial charge on any atom is 0.312 e. The largest absolute Gasteiger partial charge is 0.492 e. The lowest BCUT2D eigenvalue weighted by atomic mass is 9.97. The molecule has 0 spiro atoms. The van der Waals surface area contributed by atoms with Crippen molar-refractivity contribution in [1.82, 2.24) is 0 Å². The standard InChI is InChI=1S/C12H13ClO3/c1-2-15-12(14)8-6-9-10(13)4-3-5-11(9)16-7-8/h3-5,8H,2,6-7H2,1H3. The number of ether oxygens (including phenoxy) is 2. The Labute approximate surface area is 99.3 Å². The van der Waals surface area contributed by atoms with Crippen LogP contribution in [0.15, 0.2) is 18.2 Å². The lowest BCUT2D eigenvalue weighted by Crippen LogP contribution is -2.29. The third kappa shape index (κ3) is 2.14. The van der Waals surface area contributed by atoms with Gasteiger partial charge in [-0.1, -0.05) is 17.7 Å². The highest BCUT2D eigenvalue weighted by Crippen LogP contribution is 2.33. The monoisotopic (exact) mass is 240 g/mol. The smallest absolute Gasteiger partial charge is 0.312 e. The summed E-state index contributed by atoms with van der Waals surface area (Å²) in [5.41, 5.74) is 0.897. The molecule has 1 aliphatic rings. The summed E-state index contributed by atoms with van der Waals surface area (Å²) in [6.45, 7) is 2.55. The van der Waals surface area contributed by atoms with E-state index in [1.807, 2.05) is 12.1 Å². The lowest BCUT2D eigenvalue weighted by Gasteiger charge is -2.24. The van der Waals surface area contributed by atoms with Crippen molar-refractivity contribution in [2.24, 2.45) is 5.92 Å². The Hall–Kier alpha value is -1.22. The molecule has 1 aliphatic heterocycles. The van der Waals surface area contributed by atoms with Gasteiger partial charge in [-0.2, -0.15) is 0 Å². The first-order valence-electron chi connectivity index (χ1n) is 5.29. The molecular formula is C12H13ClO3. The molecule has 0 fully saturated rings. The molecular weight excluding hydrogens is 228 g/mol. The first kappa shape index (κ1) is 11.3. The summed E-state index contributed by atoms with van der Waals surface area (Å²) in [5, 5.41) is 0.645. The number of hydrogen-bond donors (Lipinski definition) is 0. The third-order valence-electron chi connectivity index (χ3n) is 2.59. The Kier molecular flexibility index (Phi) is 3.34.